The predicted molar refractivity (Wildman–Crippen MR) is 59.5 cm³/mol. The number of carboxylic acid groups (broad SMARTS) is 1. The molecule has 0 aliphatic carbocycles. The molecule has 0 aromatic heterocycles. The first-order valence-electron chi connectivity index (χ1n) is 5.20. The van der Waals surface area contributed by atoms with Gasteiger partial charge in [0, 0.05) is 0 Å². The number of rotatable bonds is 10. The number of carboxylic acids is 1. The highest BCUT2D eigenvalue weighted by Gasteiger charge is 2.41. The number of aliphatic carboxylic acids is 1. The monoisotopic (exact) mass is 355 g/mol. The number of hydrogen-bond donors (Lipinski definition) is 7. The molecule has 0 fully saturated rings. The Balaban J connectivity index is 5.18. The molecule has 0 bridgehead atoms. The number of phosphoric acid groups is 2. The van der Waals surface area contributed by atoms with E-state index in [2.05, 4.69) is 13.7 Å². The van der Waals surface area contributed by atoms with E-state index in [0.29, 0.717) is 0 Å². The van der Waals surface area contributed by atoms with Gasteiger partial charge >= 0.3 is 21.6 Å². The van der Waals surface area contributed by atoms with E-state index in [0.717, 1.165) is 0 Å². The van der Waals surface area contributed by atoms with Gasteiger partial charge in [0.1, 0.15) is 12.2 Å². The molecule has 0 heterocycles. The third-order valence-electron chi connectivity index (χ3n) is 1.85. The molecular formula is C6H12O13P2. The molecular weight excluding hydrogens is 342 g/mol. The van der Waals surface area contributed by atoms with E-state index in [1.807, 2.05) is 0 Å². The molecule has 0 aliphatic rings. The predicted octanol–water partition coefficient (Wildman–Crippen LogP) is -3.05. The minimum Gasteiger partial charge on any atom is -0.479 e. The van der Waals surface area contributed by atoms with Crippen LogP contribution in [-0.2, 0) is 27.6 Å². The summed E-state index contributed by atoms with van der Waals surface area (Å²) in [5, 5.41) is 36.1. The fraction of sp³-hybridized carbons (Fsp3) is 0.667. The maximum absolute atomic E-state index is 11.5. The lowest BCUT2D eigenvalue weighted by atomic mass is 10.0. The van der Waals surface area contributed by atoms with Crippen molar-refractivity contribution < 1.29 is 62.7 Å². The van der Waals surface area contributed by atoms with Crippen LogP contribution in [0.5, 0.6) is 0 Å². The molecule has 0 aromatic carbocycles. The Kier molecular flexibility index (Phi) is 6.56. The van der Waals surface area contributed by atoms with E-state index in [1.54, 1.807) is 0 Å². The summed E-state index contributed by atoms with van der Waals surface area (Å²) in [7, 11) is -10.9. The van der Waals surface area contributed by atoms with Gasteiger partial charge in [-0.15, -0.1) is 0 Å². The van der Waals surface area contributed by atoms with E-state index in [4.69, 9.17) is 21.4 Å². The zero-order chi connectivity index (χ0) is 17.7. The van der Waals surface area contributed by atoms with Gasteiger partial charge < -0.3 is 39.9 Å². The maximum Gasteiger partial charge on any atom is 0.481 e. The number of carbonyl (C=O) groups is 2. The molecule has 0 aromatic rings. The molecule has 13 nitrogen and oxygen atoms in total. The molecule has 7 N–H and O–H groups in total. The van der Waals surface area contributed by atoms with Gasteiger partial charge in [0.15, 0.2) is 18.5 Å². The minimum absolute atomic E-state index is 0.364. The van der Waals surface area contributed by atoms with Gasteiger partial charge in [0.05, 0.1) is 0 Å². The second kappa shape index (κ2) is 7.51. The highest BCUT2D eigenvalue weighted by Crippen LogP contribution is 2.58. The van der Waals surface area contributed by atoms with Crippen molar-refractivity contribution in [2.45, 2.75) is 24.4 Å². The number of aldehydes is 1. The summed E-state index contributed by atoms with van der Waals surface area (Å²) in [5.74, 6) is -1.98. The standard InChI is InChI=1S/C6H12O13P2/c7-1-2(3(8)4(9)5(10)6(11)12)18-21(16,17)19-20(13,14)15/h1-5,8-10H,(H,11,12)(H,16,17)(H2,13,14,15)/t2-,3+,4-,5-/m0/s1/i/hD. The van der Waals surface area contributed by atoms with Crippen LogP contribution in [0.25, 0.3) is 0 Å². The van der Waals surface area contributed by atoms with Crippen LogP contribution in [0.2, 0.25) is 0 Å². The Morgan fingerprint density at radius 1 is 1.19 bits per heavy atom. The van der Waals surface area contributed by atoms with Gasteiger partial charge in [-0.25, -0.2) is 13.9 Å². The largest absolute Gasteiger partial charge is 0.481 e. The van der Waals surface area contributed by atoms with Crippen molar-refractivity contribution in [1.82, 2.24) is 0 Å². The summed E-state index contributed by atoms with van der Waals surface area (Å²) >= 11 is 0. The number of aliphatic hydroxyl groups excluding tert-OH is 3. The molecule has 1 unspecified atom stereocenters. The molecule has 21 heavy (non-hydrogen) atoms. The van der Waals surface area contributed by atoms with Crippen LogP contribution >= 0.6 is 15.6 Å². The van der Waals surface area contributed by atoms with Crippen LogP contribution in [0.15, 0.2) is 0 Å². The second-order valence-corrected chi connectivity index (χ2v) is 6.23. The average molecular weight is 355 g/mol. The van der Waals surface area contributed by atoms with Crippen molar-refractivity contribution in [2.24, 2.45) is 0 Å². The van der Waals surface area contributed by atoms with Crippen molar-refractivity contribution in [2.75, 3.05) is 0 Å². The van der Waals surface area contributed by atoms with Gasteiger partial charge in [0.25, 0.3) is 0 Å². The normalized spacial score (nSPS) is 21.5. The van der Waals surface area contributed by atoms with E-state index in [1.165, 1.54) is 0 Å². The number of phosphoric ester groups is 1. The first-order valence-corrected chi connectivity index (χ1v) is 7.78. The molecule has 0 amide bonds. The van der Waals surface area contributed by atoms with E-state index in [-0.39, 0.29) is 6.29 Å². The van der Waals surface area contributed by atoms with E-state index < -0.39 is 46.0 Å². The van der Waals surface area contributed by atoms with E-state index in [9.17, 15) is 28.9 Å². The van der Waals surface area contributed by atoms with Crippen molar-refractivity contribution in [3.05, 3.63) is 0 Å². The van der Waals surface area contributed by atoms with Crippen molar-refractivity contribution >= 4 is 27.9 Å². The van der Waals surface area contributed by atoms with Crippen molar-refractivity contribution in [3.63, 3.8) is 0 Å². The molecule has 0 spiro atoms. The second-order valence-electron chi connectivity index (χ2n) is 3.49. The lowest BCUT2D eigenvalue weighted by Gasteiger charge is -2.25. The smallest absolute Gasteiger partial charge is 0.479 e. The number of hydrogen-bond acceptors (Lipinski definition) is 10. The lowest BCUT2D eigenvalue weighted by molar-refractivity contribution is -0.163. The van der Waals surface area contributed by atoms with Crippen molar-refractivity contribution in [3.8, 4) is 0 Å². The summed E-state index contributed by atoms with van der Waals surface area (Å²) in [6.07, 6.45) is -10.4. The quantitative estimate of drug-likeness (QED) is 0.153. The third kappa shape index (κ3) is 7.20. The summed E-state index contributed by atoms with van der Waals surface area (Å²) in [6.45, 7) is 0. The molecule has 15 heteroatoms. The number of aliphatic hydroxyl groups is 3. The highest BCUT2D eigenvalue weighted by atomic mass is 31.3. The SMILES string of the molecule is [2H]OP(=O)(O[C@@H](C=O)[C@@H](O)[C@H](O)[C@H](O)C(=O)O)OP(=O)(O)O. The summed E-state index contributed by atoms with van der Waals surface area (Å²) < 4.78 is 36.0. The molecule has 0 saturated heterocycles. The van der Waals surface area contributed by atoms with Crippen LogP contribution in [0.4, 0.5) is 0 Å². The molecule has 124 valence electrons. The topological polar surface area (TPSA) is 228 Å². The zero-order valence-corrected chi connectivity index (χ0v) is 11.6. The fourth-order valence-corrected chi connectivity index (χ4v) is 2.66. The van der Waals surface area contributed by atoms with Crippen LogP contribution in [0, 0.1) is 0 Å². The average Bonchev–Trinajstić information content (AvgIpc) is 2.40. The van der Waals surface area contributed by atoms with Gasteiger partial charge in [-0.3, -0.25) is 4.52 Å². The Hall–Kier alpha value is -0.720. The maximum atomic E-state index is 11.5. The van der Waals surface area contributed by atoms with Gasteiger partial charge in [-0.2, -0.15) is 4.31 Å². The molecule has 5 atom stereocenters. The van der Waals surface area contributed by atoms with Crippen LogP contribution < -0.4 is 0 Å². The fourth-order valence-electron chi connectivity index (χ4n) is 0.993. The highest BCUT2D eigenvalue weighted by molar-refractivity contribution is 7.60. The van der Waals surface area contributed by atoms with E-state index >= 15 is 0 Å². The Labute approximate surface area is 117 Å². The third-order valence-corrected chi connectivity index (χ3v) is 4.01. The Morgan fingerprint density at radius 2 is 1.71 bits per heavy atom. The van der Waals surface area contributed by atoms with Crippen LogP contribution in [0.1, 0.15) is 0 Å². The summed E-state index contributed by atoms with van der Waals surface area (Å²) in [6, 6.07) is 0. The first kappa shape index (κ1) is 18.3. The summed E-state index contributed by atoms with van der Waals surface area (Å²) in [4.78, 5) is 41.3. The summed E-state index contributed by atoms with van der Waals surface area (Å²) in [5.41, 5.74) is 0. The molecule has 0 saturated carbocycles. The van der Waals surface area contributed by atoms with Crippen molar-refractivity contribution in [1.29, 1.82) is 1.43 Å². The lowest BCUT2D eigenvalue weighted by Crippen LogP contribution is -2.48. The number of carbonyl (C=O) groups excluding carboxylic acids is 1. The van der Waals surface area contributed by atoms with Crippen LogP contribution in [-0.4, -0.2) is 73.2 Å². The van der Waals surface area contributed by atoms with Gasteiger partial charge in [-0.05, 0) is 0 Å². The Morgan fingerprint density at radius 3 is 2.05 bits per heavy atom. The molecule has 0 radical (unpaired) electrons. The molecule has 0 rings (SSSR count). The first-order chi connectivity index (χ1) is 9.87. The minimum atomic E-state index is -5.50. The van der Waals surface area contributed by atoms with Gasteiger partial charge in [-0.1, -0.05) is 0 Å². The van der Waals surface area contributed by atoms with Crippen LogP contribution in [0.3, 0.4) is 0 Å². The Bertz CT molecular complexity index is 489. The zero-order valence-electron chi connectivity index (χ0n) is 10.8. The van der Waals surface area contributed by atoms with Gasteiger partial charge in [0.2, 0.25) is 1.43 Å². The molecule has 0 aliphatic heterocycles.